The Morgan fingerprint density at radius 3 is 2.68 bits per heavy atom. The quantitative estimate of drug-likeness (QED) is 0.499. The van der Waals surface area contributed by atoms with Crippen molar-refractivity contribution in [1.82, 2.24) is 4.90 Å². The second kappa shape index (κ2) is 7.03. The molecule has 6 nitrogen and oxygen atoms in total. The third-order valence-corrected chi connectivity index (χ3v) is 5.01. The van der Waals surface area contributed by atoms with E-state index in [0.29, 0.717) is 30.0 Å². The molecule has 2 aliphatic rings. The van der Waals surface area contributed by atoms with E-state index in [2.05, 4.69) is 0 Å². The third-order valence-electron chi connectivity index (χ3n) is 5.01. The molecule has 0 radical (unpaired) electrons. The number of carbonyl (C=O) groups is 2. The van der Waals surface area contributed by atoms with Crippen LogP contribution in [0, 0.1) is 6.92 Å². The summed E-state index contributed by atoms with van der Waals surface area (Å²) in [6.45, 7) is 4.45. The Kier molecular flexibility index (Phi) is 4.55. The van der Waals surface area contributed by atoms with Crippen LogP contribution in [0.15, 0.2) is 48.0 Å². The lowest BCUT2D eigenvalue weighted by molar-refractivity contribution is -0.139. The SMILES string of the molecule is CCCN1C(=O)C(=O)/C(=C(\O)c2ccc3c(c2)OCO3)C1c1cccc(C)c1. The molecule has 1 unspecified atom stereocenters. The van der Waals surface area contributed by atoms with Crippen molar-refractivity contribution in [2.75, 3.05) is 13.3 Å². The number of nitrogens with zero attached hydrogens (tertiary/aromatic N) is 1. The zero-order valence-corrected chi connectivity index (χ0v) is 15.8. The summed E-state index contributed by atoms with van der Waals surface area (Å²) in [4.78, 5) is 27.1. The minimum Gasteiger partial charge on any atom is -0.507 e. The average molecular weight is 379 g/mol. The fourth-order valence-corrected chi connectivity index (χ4v) is 3.74. The van der Waals surface area contributed by atoms with Gasteiger partial charge in [0.25, 0.3) is 11.7 Å². The molecule has 4 rings (SSSR count). The Bertz CT molecular complexity index is 994. The molecule has 28 heavy (non-hydrogen) atoms. The third kappa shape index (κ3) is 2.91. The first-order valence-corrected chi connectivity index (χ1v) is 9.26. The second-order valence-electron chi connectivity index (χ2n) is 6.97. The molecule has 2 heterocycles. The number of fused-ring (bicyclic) bond motifs is 1. The fourth-order valence-electron chi connectivity index (χ4n) is 3.74. The fraction of sp³-hybridized carbons (Fsp3) is 0.273. The first-order valence-electron chi connectivity index (χ1n) is 9.26. The maximum Gasteiger partial charge on any atom is 0.295 e. The molecule has 0 aromatic heterocycles. The molecule has 0 spiro atoms. The highest BCUT2D eigenvalue weighted by molar-refractivity contribution is 6.46. The first-order chi connectivity index (χ1) is 13.5. The topological polar surface area (TPSA) is 76.1 Å². The van der Waals surface area contributed by atoms with Gasteiger partial charge in [-0.15, -0.1) is 0 Å². The predicted molar refractivity (Wildman–Crippen MR) is 103 cm³/mol. The smallest absolute Gasteiger partial charge is 0.295 e. The van der Waals surface area contributed by atoms with Gasteiger partial charge in [0.15, 0.2) is 11.5 Å². The van der Waals surface area contributed by atoms with Gasteiger partial charge in [0.2, 0.25) is 6.79 Å². The summed E-state index contributed by atoms with van der Waals surface area (Å²) < 4.78 is 10.7. The molecule has 0 saturated carbocycles. The number of ketones is 1. The molecule has 1 N–H and O–H groups in total. The number of hydrogen-bond acceptors (Lipinski definition) is 5. The van der Waals surface area contributed by atoms with Gasteiger partial charge in [-0.05, 0) is 37.1 Å². The van der Waals surface area contributed by atoms with Crippen molar-refractivity contribution < 1.29 is 24.2 Å². The highest BCUT2D eigenvalue weighted by atomic mass is 16.7. The number of aryl methyl sites for hydroxylation is 1. The van der Waals surface area contributed by atoms with Crippen molar-refractivity contribution in [2.24, 2.45) is 0 Å². The minimum absolute atomic E-state index is 0.0999. The summed E-state index contributed by atoms with van der Waals surface area (Å²) in [7, 11) is 0. The normalized spacial score (nSPS) is 20.1. The van der Waals surface area contributed by atoms with Crippen LogP contribution in [0.1, 0.15) is 36.1 Å². The van der Waals surface area contributed by atoms with Gasteiger partial charge in [0, 0.05) is 12.1 Å². The van der Waals surface area contributed by atoms with Gasteiger partial charge in [0.1, 0.15) is 5.76 Å². The van der Waals surface area contributed by atoms with E-state index in [1.807, 2.05) is 38.1 Å². The number of carbonyl (C=O) groups excluding carboxylic acids is 2. The first kappa shape index (κ1) is 18.1. The van der Waals surface area contributed by atoms with Gasteiger partial charge in [-0.1, -0.05) is 36.8 Å². The lowest BCUT2D eigenvalue weighted by atomic mass is 9.94. The lowest BCUT2D eigenvalue weighted by Gasteiger charge is -2.25. The summed E-state index contributed by atoms with van der Waals surface area (Å²) in [6.07, 6.45) is 0.708. The van der Waals surface area contributed by atoms with Crippen LogP contribution in [0.4, 0.5) is 0 Å². The van der Waals surface area contributed by atoms with Crippen LogP contribution in [-0.2, 0) is 9.59 Å². The standard InChI is InChI=1S/C22H21NO5/c1-3-9-23-19(14-6-4-5-13(2)10-14)18(21(25)22(23)26)20(24)15-7-8-16-17(11-15)28-12-27-16/h4-8,10-11,19,24H,3,9,12H2,1-2H3/b20-18-. The molecule has 0 bridgehead atoms. The van der Waals surface area contributed by atoms with E-state index in [1.54, 1.807) is 18.2 Å². The monoisotopic (exact) mass is 379 g/mol. The van der Waals surface area contributed by atoms with Crippen molar-refractivity contribution >= 4 is 17.4 Å². The van der Waals surface area contributed by atoms with Crippen molar-refractivity contribution in [3.63, 3.8) is 0 Å². The van der Waals surface area contributed by atoms with E-state index >= 15 is 0 Å². The van der Waals surface area contributed by atoms with Crippen LogP contribution in [-0.4, -0.2) is 35.0 Å². The summed E-state index contributed by atoms with van der Waals surface area (Å²) in [5.41, 5.74) is 2.33. The number of amides is 1. The Morgan fingerprint density at radius 2 is 1.93 bits per heavy atom. The van der Waals surface area contributed by atoms with Gasteiger partial charge in [0.05, 0.1) is 11.6 Å². The zero-order valence-electron chi connectivity index (χ0n) is 15.8. The van der Waals surface area contributed by atoms with Gasteiger partial charge in [-0.2, -0.15) is 0 Å². The number of aliphatic hydroxyl groups excluding tert-OH is 1. The Balaban J connectivity index is 1.87. The summed E-state index contributed by atoms with van der Waals surface area (Å²) in [6, 6.07) is 12.0. The van der Waals surface area contributed by atoms with E-state index in [1.165, 1.54) is 4.90 Å². The van der Waals surface area contributed by atoms with E-state index < -0.39 is 17.7 Å². The van der Waals surface area contributed by atoms with Gasteiger partial charge < -0.3 is 19.5 Å². The molecule has 0 aliphatic carbocycles. The summed E-state index contributed by atoms with van der Waals surface area (Å²) in [5.74, 6) is -0.385. The van der Waals surface area contributed by atoms with Gasteiger partial charge in [-0.3, -0.25) is 9.59 Å². The van der Waals surface area contributed by atoms with Crippen molar-refractivity contribution in [3.8, 4) is 11.5 Å². The van der Waals surface area contributed by atoms with Crippen LogP contribution in [0.2, 0.25) is 0 Å². The minimum atomic E-state index is -0.671. The van der Waals surface area contributed by atoms with Crippen molar-refractivity contribution in [2.45, 2.75) is 26.3 Å². The zero-order chi connectivity index (χ0) is 19.8. The van der Waals surface area contributed by atoms with E-state index in [0.717, 1.165) is 11.1 Å². The molecular formula is C22H21NO5. The number of rotatable bonds is 4. The molecule has 2 aliphatic heterocycles. The number of ether oxygens (including phenoxy) is 2. The molecule has 1 amide bonds. The molecule has 1 atom stereocenters. The summed E-state index contributed by atoms with van der Waals surface area (Å²) in [5, 5.41) is 11.0. The van der Waals surface area contributed by atoms with E-state index in [-0.39, 0.29) is 18.1 Å². The second-order valence-corrected chi connectivity index (χ2v) is 6.97. The molecule has 1 saturated heterocycles. The maximum atomic E-state index is 12.8. The number of hydrogen-bond donors (Lipinski definition) is 1. The van der Waals surface area contributed by atoms with E-state index in [4.69, 9.17) is 9.47 Å². The molecular weight excluding hydrogens is 358 g/mol. The largest absolute Gasteiger partial charge is 0.507 e. The number of aliphatic hydroxyl groups is 1. The highest BCUT2D eigenvalue weighted by Gasteiger charge is 2.45. The van der Waals surface area contributed by atoms with Crippen LogP contribution >= 0.6 is 0 Å². The molecule has 1 fully saturated rings. The van der Waals surface area contributed by atoms with Crippen LogP contribution in [0.25, 0.3) is 5.76 Å². The van der Waals surface area contributed by atoms with Crippen LogP contribution in [0.3, 0.4) is 0 Å². The molecule has 6 heteroatoms. The van der Waals surface area contributed by atoms with Crippen molar-refractivity contribution in [1.29, 1.82) is 0 Å². The lowest BCUT2D eigenvalue weighted by Crippen LogP contribution is -2.30. The van der Waals surface area contributed by atoms with Crippen LogP contribution in [0.5, 0.6) is 11.5 Å². The van der Waals surface area contributed by atoms with Gasteiger partial charge >= 0.3 is 0 Å². The molecule has 2 aromatic carbocycles. The maximum absolute atomic E-state index is 12.8. The Morgan fingerprint density at radius 1 is 1.14 bits per heavy atom. The summed E-state index contributed by atoms with van der Waals surface area (Å²) >= 11 is 0. The molecule has 2 aromatic rings. The Labute approximate surface area is 163 Å². The van der Waals surface area contributed by atoms with Gasteiger partial charge in [-0.25, -0.2) is 0 Å². The number of benzene rings is 2. The van der Waals surface area contributed by atoms with Crippen molar-refractivity contribution in [3.05, 3.63) is 64.7 Å². The molecule has 144 valence electrons. The Hall–Kier alpha value is -3.28. The predicted octanol–water partition coefficient (Wildman–Crippen LogP) is 3.56. The van der Waals surface area contributed by atoms with Crippen LogP contribution < -0.4 is 9.47 Å². The van der Waals surface area contributed by atoms with E-state index in [9.17, 15) is 14.7 Å². The average Bonchev–Trinajstić information content (AvgIpc) is 3.25. The number of Topliss-reactive ketones (excluding diaryl/α,β-unsaturated/α-hetero) is 1. The number of likely N-dealkylation sites (tertiary alicyclic amines) is 1. The highest BCUT2D eigenvalue weighted by Crippen LogP contribution is 2.41.